The second-order valence-corrected chi connectivity index (χ2v) is 6.26. The number of amides is 1. The summed E-state index contributed by atoms with van der Waals surface area (Å²) in [6.07, 6.45) is 9.52. The molecule has 2 saturated carbocycles. The fourth-order valence-corrected chi connectivity index (χ4v) is 3.50. The topological polar surface area (TPSA) is 75.6 Å². The number of hydrogen-bond donors (Lipinski definition) is 2. The lowest BCUT2D eigenvalue weighted by Gasteiger charge is -2.27. The second kappa shape index (κ2) is 8.37. The largest absolute Gasteiger partial charge is 0.481 e. The van der Waals surface area contributed by atoms with Gasteiger partial charge >= 0.3 is 5.97 Å². The fraction of sp³-hybridized carbons (Fsp3) is 0.875. The van der Waals surface area contributed by atoms with E-state index in [0.29, 0.717) is 32.1 Å². The van der Waals surface area contributed by atoms with Gasteiger partial charge < -0.3 is 15.2 Å². The summed E-state index contributed by atoms with van der Waals surface area (Å²) in [7, 11) is 0. The maximum atomic E-state index is 12.1. The number of carboxylic acids is 1. The predicted molar refractivity (Wildman–Crippen MR) is 78.9 cm³/mol. The van der Waals surface area contributed by atoms with Crippen molar-refractivity contribution in [3.63, 3.8) is 0 Å². The Bertz CT molecular complexity index is 352. The van der Waals surface area contributed by atoms with Gasteiger partial charge in [0, 0.05) is 6.54 Å². The molecule has 2 aliphatic carbocycles. The van der Waals surface area contributed by atoms with Crippen LogP contribution in [0.15, 0.2) is 0 Å². The molecule has 2 rings (SSSR count). The number of carbonyl (C=O) groups excluding carboxylic acids is 1. The molecule has 0 aromatic heterocycles. The Morgan fingerprint density at radius 1 is 0.952 bits per heavy atom. The van der Waals surface area contributed by atoms with Gasteiger partial charge in [-0.05, 0) is 25.7 Å². The maximum Gasteiger partial charge on any atom is 0.307 e. The van der Waals surface area contributed by atoms with E-state index < -0.39 is 11.9 Å². The Morgan fingerprint density at radius 3 is 2.24 bits per heavy atom. The van der Waals surface area contributed by atoms with Gasteiger partial charge in [0.25, 0.3) is 0 Å². The molecule has 2 unspecified atom stereocenters. The Kier molecular flexibility index (Phi) is 6.49. The van der Waals surface area contributed by atoms with E-state index in [4.69, 9.17) is 4.74 Å². The summed E-state index contributed by atoms with van der Waals surface area (Å²) in [6.45, 7) is 1.01. The molecule has 2 atom stereocenters. The Labute approximate surface area is 126 Å². The third-order valence-corrected chi connectivity index (χ3v) is 4.73. The summed E-state index contributed by atoms with van der Waals surface area (Å²) < 4.78 is 5.76. The summed E-state index contributed by atoms with van der Waals surface area (Å²) in [5.41, 5.74) is 0. The van der Waals surface area contributed by atoms with Crippen LogP contribution in [0.2, 0.25) is 0 Å². The number of carbonyl (C=O) groups is 2. The first-order chi connectivity index (χ1) is 10.2. The number of carboxylic acid groups (broad SMARTS) is 1. The molecule has 2 N–H and O–H groups in total. The number of rotatable bonds is 6. The molecule has 0 saturated heterocycles. The zero-order valence-corrected chi connectivity index (χ0v) is 12.7. The molecule has 1 amide bonds. The molecular weight excluding hydrogens is 270 g/mol. The van der Waals surface area contributed by atoms with Crippen LogP contribution in [0.25, 0.3) is 0 Å². The molecule has 0 bridgehead atoms. The third kappa shape index (κ3) is 4.99. The summed E-state index contributed by atoms with van der Waals surface area (Å²) in [5.74, 6) is -1.84. The van der Waals surface area contributed by atoms with Crippen molar-refractivity contribution in [2.75, 3.05) is 13.2 Å². The zero-order valence-electron chi connectivity index (χ0n) is 12.7. The predicted octanol–water partition coefficient (Wildman–Crippen LogP) is 2.34. The first kappa shape index (κ1) is 16.3. The van der Waals surface area contributed by atoms with Gasteiger partial charge in [-0.2, -0.15) is 0 Å². The van der Waals surface area contributed by atoms with Crippen LogP contribution in [0.4, 0.5) is 0 Å². The highest BCUT2D eigenvalue weighted by Crippen LogP contribution is 2.30. The molecule has 0 aromatic carbocycles. The van der Waals surface area contributed by atoms with E-state index in [1.807, 2.05) is 0 Å². The lowest BCUT2D eigenvalue weighted by molar-refractivity contribution is -0.149. The highest BCUT2D eigenvalue weighted by atomic mass is 16.5. The molecule has 21 heavy (non-hydrogen) atoms. The highest BCUT2D eigenvalue weighted by Gasteiger charge is 2.35. The van der Waals surface area contributed by atoms with Gasteiger partial charge in [-0.15, -0.1) is 0 Å². The Morgan fingerprint density at radius 2 is 1.57 bits per heavy atom. The van der Waals surface area contributed by atoms with Crippen LogP contribution >= 0.6 is 0 Å². The third-order valence-electron chi connectivity index (χ3n) is 4.73. The summed E-state index contributed by atoms with van der Waals surface area (Å²) in [6, 6.07) is 0. The SMILES string of the molecule is O=C(O)C1CCCCC1C(=O)NCCOC1CCCCC1. The molecule has 120 valence electrons. The van der Waals surface area contributed by atoms with E-state index >= 15 is 0 Å². The van der Waals surface area contributed by atoms with Gasteiger partial charge in [-0.3, -0.25) is 9.59 Å². The smallest absolute Gasteiger partial charge is 0.307 e. The van der Waals surface area contributed by atoms with Crippen molar-refractivity contribution >= 4 is 11.9 Å². The van der Waals surface area contributed by atoms with Gasteiger partial charge in [0.15, 0.2) is 0 Å². The minimum absolute atomic E-state index is 0.116. The molecule has 5 heteroatoms. The lowest BCUT2D eigenvalue weighted by atomic mass is 9.79. The van der Waals surface area contributed by atoms with E-state index in [1.54, 1.807) is 0 Å². The second-order valence-electron chi connectivity index (χ2n) is 6.26. The molecule has 0 aromatic rings. The molecule has 5 nitrogen and oxygen atoms in total. The minimum atomic E-state index is -0.840. The van der Waals surface area contributed by atoms with Gasteiger partial charge in [0.05, 0.1) is 24.5 Å². The summed E-state index contributed by atoms with van der Waals surface area (Å²) in [4.78, 5) is 23.3. The van der Waals surface area contributed by atoms with E-state index in [1.165, 1.54) is 19.3 Å². The van der Waals surface area contributed by atoms with Gasteiger partial charge in [0.2, 0.25) is 5.91 Å². The number of aliphatic carboxylic acids is 1. The van der Waals surface area contributed by atoms with E-state index in [0.717, 1.165) is 25.7 Å². The average molecular weight is 297 g/mol. The lowest BCUT2D eigenvalue weighted by Crippen LogP contribution is -2.41. The zero-order chi connectivity index (χ0) is 15.1. The van der Waals surface area contributed by atoms with Crippen molar-refractivity contribution in [2.24, 2.45) is 11.8 Å². The number of hydrogen-bond acceptors (Lipinski definition) is 3. The first-order valence-electron chi connectivity index (χ1n) is 8.30. The molecule has 0 radical (unpaired) electrons. The number of nitrogens with one attached hydrogen (secondary N) is 1. The standard InChI is InChI=1S/C16H27NO4/c18-15(13-8-4-5-9-14(13)16(19)20)17-10-11-21-12-6-2-1-3-7-12/h12-14H,1-11H2,(H,17,18)(H,19,20). The van der Waals surface area contributed by atoms with Crippen molar-refractivity contribution < 1.29 is 19.4 Å². The molecular formula is C16H27NO4. The van der Waals surface area contributed by atoms with Gasteiger partial charge in [-0.25, -0.2) is 0 Å². The maximum absolute atomic E-state index is 12.1. The molecule has 2 fully saturated rings. The van der Waals surface area contributed by atoms with Crippen LogP contribution in [0.5, 0.6) is 0 Å². The van der Waals surface area contributed by atoms with Crippen LogP contribution in [0.3, 0.4) is 0 Å². The highest BCUT2D eigenvalue weighted by molar-refractivity contribution is 5.84. The average Bonchev–Trinajstić information content (AvgIpc) is 2.52. The summed E-state index contributed by atoms with van der Waals surface area (Å²) >= 11 is 0. The van der Waals surface area contributed by atoms with Crippen LogP contribution < -0.4 is 5.32 Å². The van der Waals surface area contributed by atoms with Crippen LogP contribution in [-0.4, -0.2) is 36.2 Å². The molecule has 0 heterocycles. The van der Waals surface area contributed by atoms with Gasteiger partial charge in [0.1, 0.15) is 0 Å². The van der Waals surface area contributed by atoms with Crippen molar-refractivity contribution in [3.8, 4) is 0 Å². The molecule has 0 aliphatic heterocycles. The van der Waals surface area contributed by atoms with Crippen LogP contribution in [0.1, 0.15) is 57.8 Å². The van der Waals surface area contributed by atoms with Gasteiger partial charge in [-0.1, -0.05) is 32.1 Å². The van der Waals surface area contributed by atoms with Crippen molar-refractivity contribution in [3.05, 3.63) is 0 Å². The van der Waals surface area contributed by atoms with Crippen molar-refractivity contribution in [2.45, 2.75) is 63.9 Å². The van der Waals surface area contributed by atoms with Crippen LogP contribution in [-0.2, 0) is 14.3 Å². The van der Waals surface area contributed by atoms with Crippen molar-refractivity contribution in [1.29, 1.82) is 0 Å². The van der Waals surface area contributed by atoms with E-state index in [-0.39, 0.29) is 11.8 Å². The van der Waals surface area contributed by atoms with E-state index in [9.17, 15) is 14.7 Å². The quantitative estimate of drug-likeness (QED) is 0.738. The van der Waals surface area contributed by atoms with E-state index in [2.05, 4.69) is 5.32 Å². The Balaban J connectivity index is 1.67. The first-order valence-corrected chi connectivity index (χ1v) is 8.30. The monoisotopic (exact) mass is 297 g/mol. The molecule has 0 spiro atoms. The number of ether oxygens (including phenoxy) is 1. The van der Waals surface area contributed by atoms with Crippen molar-refractivity contribution in [1.82, 2.24) is 5.32 Å². The molecule has 2 aliphatic rings. The Hall–Kier alpha value is -1.10. The van der Waals surface area contributed by atoms with Crippen LogP contribution in [0, 0.1) is 11.8 Å². The normalized spacial score (nSPS) is 27.2. The summed E-state index contributed by atoms with van der Waals surface area (Å²) in [5, 5.41) is 12.0. The minimum Gasteiger partial charge on any atom is -0.481 e. The fourth-order valence-electron chi connectivity index (χ4n) is 3.50.